The van der Waals surface area contributed by atoms with Crippen molar-refractivity contribution < 1.29 is 8.42 Å². The zero-order valence-electron chi connectivity index (χ0n) is 13.7. The standard InChI is InChI=1S/C16H21N5O2S/c1-20(24(22,23)13-4-5-13)12-3-2-8-21(10-12)16-14-6-7-17-9-15(14)18-11-19-16/h6-7,9,11-13H,2-5,8,10H2,1H3. The normalized spacial score (nSPS) is 22.2. The maximum Gasteiger partial charge on any atom is 0.217 e. The number of hydrogen-bond donors (Lipinski definition) is 0. The molecule has 2 aromatic heterocycles. The van der Waals surface area contributed by atoms with E-state index < -0.39 is 10.0 Å². The Kier molecular flexibility index (Phi) is 3.88. The molecule has 4 rings (SSSR count). The molecule has 1 saturated carbocycles. The van der Waals surface area contributed by atoms with Crippen LogP contribution in [-0.4, -0.2) is 59.1 Å². The van der Waals surface area contributed by atoms with Crippen molar-refractivity contribution in [3.05, 3.63) is 24.8 Å². The lowest BCUT2D eigenvalue weighted by Gasteiger charge is -2.38. The first kappa shape index (κ1) is 15.7. The molecule has 0 amide bonds. The van der Waals surface area contributed by atoms with Gasteiger partial charge in [-0.15, -0.1) is 0 Å². The van der Waals surface area contributed by atoms with Crippen molar-refractivity contribution >= 4 is 26.7 Å². The summed E-state index contributed by atoms with van der Waals surface area (Å²) in [6.07, 6.45) is 8.45. The van der Waals surface area contributed by atoms with E-state index in [2.05, 4.69) is 19.9 Å². The third-order valence-corrected chi connectivity index (χ3v) is 7.39. The fourth-order valence-corrected chi connectivity index (χ4v) is 5.19. The quantitative estimate of drug-likeness (QED) is 0.832. The second-order valence-electron chi connectivity index (χ2n) is 6.59. The van der Waals surface area contributed by atoms with Gasteiger partial charge < -0.3 is 4.90 Å². The molecule has 1 unspecified atom stereocenters. The Balaban J connectivity index is 1.60. The van der Waals surface area contributed by atoms with Crippen LogP contribution in [0.2, 0.25) is 0 Å². The van der Waals surface area contributed by atoms with Crippen molar-refractivity contribution in [2.45, 2.75) is 37.0 Å². The van der Waals surface area contributed by atoms with Crippen LogP contribution in [0, 0.1) is 0 Å². The molecule has 1 saturated heterocycles. The van der Waals surface area contributed by atoms with E-state index in [4.69, 9.17) is 0 Å². The van der Waals surface area contributed by atoms with Gasteiger partial charge in [0.25, 0.3) is 0 Å². The number of hydrogen-bond acceptors (Lipinski definition) is 6. The van der Waals surface area contributed by atoms with E-state index in [1.807, 2.05) is 6.07 Å². The van der Waals surface area contributed by atoms with Crippen molar-refractivity contribution in [3.63, 3.8) is 0 Å². The molecule has 3 heterocycles. The molecule has 2 aromatic rings. The molecule has 128 valence electrons. The van der Waals surface area contributed by atoms with E-state index in [9.17, 15) is 8.42 Å². The van der Waals surface area contributed by atoms with Crippen LogP contribution in [0.25, 0.3) is 10.9 Å². The number of rotatable bonds is 4. The molecular formula is C16H21N5O2S. The van der Waals surface area contributed by atoms with Crippen LogP contribution in [-0.2, 0) is 10.0 Å². The number of likely N-dealkylation sites (N-methyl/N-ethyl adjacent to an activating group) is 1. The third-order valence-electron chi connectivity index (χ3n) is 4.98. The van der Waals surface area contributed by atoms with Crippen LogP contribution >= 0.6 is 0 Å². The van der Waals surface area contributed by atoms with Crippen molar-refractivity contribution in [1.29, 1.82) is 0 Å². The molecule has 1 aliphatic heterocycles. The third kappa shape index (κ3) is 2.73. The van der Waals surface area contributed by atoms with E-state index in [0.29, 0.717) is 6.54 Å². The smallest absolute Gasteiger partial charge is 0.217 e. The molecule has 1 atom stereocenters. The number of nitrogens with zero attached hydrogens (tertiary/aromatic N) is 5. The van der Waals surface area contributed by atoms with E-state index >= 15 is 0 Å². The Hall–Kier alpha value is -1.80. The maximum absolute atomic E-state index is 12.5. The molecule has 0 radical (unpaired) electrons. The largest absolute Gasteiger partial charge is 0.354 e. The first-order chi connectivity index (χ1) is 11.6. The minimum absolute atomic E-state index is 0.00352. The molecule has 0 aromatic carbocycles. The minimum atomic E-state index is -3.15. The second kappa shape index (κ2) is 5.93. The summed E-state index contributed by atoms with van der Waals surface area (Å²) in [4.78, 5) is 15.0. The summed E-state index contributed by atoms with van der Waals surface area (Å²) in [5.41, 5.74) is 0.809. The van der Waals surface area contributed by atoms with Gasteiger partial charge in [-0.3, -0.25) is 4.98 Å². The summed E-state index contributed by atoms with van der Waals surface area (Å²) in [5, 5.41) is 0.796. The molecule has 2 fully saturated rings. The Labute approximate surface area is 141 Å². The van der Waals surface area contributed by atoms with Crippen LogP contribution in [0.1, 0.15) is 25.7 Å². The summed E-state index contributed by atoms with van der Waals surface area (Å²) in [6.45, 7) is 1.54. The first-order valence-corrected chi connectivity index (χ1v) is 9.84. The average Bonchev–Trinajstić information content (AvgIpc) is 3.46. The molecule has 7 nitrogen and oxygen atoms in total. The molecular weight excluding hydrogens is 326 g/mol. The van der Waals surface area contributed by atoms with Gasteiger partial charge in [-0.25, -0.2) is 18.4 Å². The van der Waals surface area contributed by atoms with Crippen molar-refractivity contribution in [2.75, 3.05) is 25.0 Å². The lowest BCUT2D eigenvalue weighted by molar-refractivity contribution is 0.319. The van der Waals surface area contributed by atoms with Crippen molar-refractivity contribution in [2.24, 2.45) is 0 Å². The Morgan fingerprint density at radius 2 is 2.08 bits per heavy atom. The number of piperidine rings is 1. The molecule has 0 N–H and O–H groups in total. The fourth-order valence-electron chi connectivity index (χ4n) is 3.40. The summed E-state index contributed by atoms with van der Waals surface area (Å²) in [5.74, 6) is 0.865. The summed E-state index contributed by atoms with van der Waals surface area (Å²) in [7, 11) is -1.42. The maximum atomic E-state index is 12.5. The van der Waals surface area contributed by atoms with E-state index in [1.54, 1.807) is 30.1 Å². The molecule has 1 aliphatic carbocycles. The summed E-state index contributed by atoms with van der Waals surface area (Å²) >= 11 is 0. The monoisotopic (exact) mass is 347 g/mol. The highest BCUT2D eigenvalue weighted by Crippen LogP contribution is 2.33. The Bertz CT molecular complexity index is 847. The molecule has 24 heavy (non-hydrogen) atoms. The van der Waals surface area contributed by atoms with Gasteiger partial charge in [-0.2, -0.15) is 4.31 Å². The lowest BCUT2D eigenvalue weighted by atomic mass is 10.1. The van der Waals surface area contributed by atoms with Crippen LogP contribution in [0.4, 0.5) is 5.82 Å². The average molecular weight is 347 g/mol. The predicted octanol–water partition coefficient (Wildman–Crippen LogP) is 1.42. The lowest BCUT2D eigenvalue weighted by Crippen LogP contribution is -2.49. The SMILES string of the molecule is CN(C1CCCN(c2ncnc3cnccc23)C1)S(=O)(=O)C1CC1. The topological polar surface area (TPSA) is 79.3 Å². The Morgan fingerprint density at radius 1 is 1.25 bits per heavy atom. The van der Waals surface area contributed by atoms with Gasteiger partial charge in [0.15, 0.2) is 0 Å². The molecule has 0 spiro atoms. The van der Waals surface area contributed by atoms with Gasteiger partial charge in [0.2, 0.25) is 10.0 Å². The van der Waals surface area contributed by atoms with Gasteiger partial charge in [0, 0.05) is 37.8 Å². The summed E-state index contributed by atoms with van der Waals surface area (Å²) in [6, 6.07) is 1.91. The predicted molar refractivity (Wildman–Crippen MR) is 92.3 cm³/mol. The van der Waals surface area contributed by atoms with E-state index in [1.165, 1.54) is 0 Å². The number of aromatic nitrogens is 3. The van der Waals surface area contributed by atoms with Crippen molar-refractivity contribution in [1.82, 2.24) is 19.3 Å². The molecule has 0 bridgehead atoms. The number of pyridine rings is 1. The highest BCUT2D eigenvalue weighted by Gasteiger charge is 2.41. The van der Waals surface area contributed by atoms with Gasteiger partial charge in [-0.1, -0.05) is 0 Å². The highest BCUT2D eigenvalue weighted by atomic mass is 32.2. The fraction of sp³-hybridized carbons (Fsp3) is 0.562. The van der Waals surface area contributed by atoms with Crippen LogP contribution in [0.5, 0.6) is 0 Å². The molecule has 8 heteroatoms. The number of fused-ring (bicyclic) bond motifs is 1. The van der Waals surface area contributed by atoms with E-state index in [-0.39, 0.29) is 11.3 Å². The highest BCUT2D eigenvalue weighted by molar-refractivity contribution is 7.90. The molecule has 2 aliphatic rings. The van der Waals surface area contributed by atoms with Crippen LogP contribution < -0.4 is 4.90 Å². The van der Waals surface area contributed by atoms with Gasteiger partial charge in [0.1, 0.15) is 12.1 Å². The minimum Gasteiger partial charge on any atom is -0.354 e. The van der Waals surface area contributed by atoms with E-state index in [0.717, 1.165) is 48.9 Å². The first-order valence-electron chi connectivity index (χ1n) is 8.34. The summed E-state index contributed by atoms with van der Waals surface area (Å²) < 4.78 is 26.6. The van der Waals surface area contributed by atoms with Gasteiger partial charge in [0.05, 0.1) is 17.0 Å². The zero-order valence-corrected chi connectivity index (χ0v) is 14.5. The van der Waals surface area contributed by atoms with Gasteiger partial charge >= 0.3 is 0 Å². The number of anilines is 1. The van der Waals surface area contributed by atoms with Crippen molar-refractivity contribution in [3.8, 4) is 0 Å². The van der Waals surface area contributed by atoms with Crippen LogP contribution in [0.3, 0.4) is 0 Å². The van der Waals surface area contributed by atoms with Crippen LogP contribution in [0.15, 0.2) is 24.8 Å². The number of sulfonamides is 1. The second-order valence-corrected chi connectivity index (χ2v) is 8.87. The zero-order chi connectivity index (χ0) is 16.7. The van der Waals surface area contributed by atoms with Gasteiger partial charge in [-0.05, 0) is 31.7 Å². The Morgan fingerprint density at radius 3 is 2.88 bits per heavy atom.